The minimum atomic E-state index is -0.161. The number of amides is 1. The van der Waals surface area contributed by atoms with Crippen molar-refractivity contribution in [3.63, 3.8) is 0 Å². The molecule has 3 aromatic rings. The Hall–Kier alpha value is -2.55. The van der Waals surface area contributed by atoms with Gasteiger partial charge in [0.15, 0.2) is 5.75 Å². The van der Waals surface area contributed by atoms with Gasteiger partial charge in [0.05, 0.1) is 22.6 Å². The summed E-state index contributed by atoms with van der Waals surface area (Å²) in [6, 6.07) is 14.5. The second kappa shape index (κ2) is 14.5. The Morgan fingerprint density at radius 2 is 1.73 bits per heavy atom. The van der Waals surface area contributed by atoms with Gasteiger partial charge in [0.2, 0.25) is 11.8 Å². The number of aromatic nitrogens is 1. The molecule has 0 radical (unpaired) electrons. The highest BCUT2D eigenvalue weighted by Gasteiger charge is 2.48. The number of carbonyl (C=O) groups excluding carboxylic acids is 1. The van der Waals surface area contributed by atoms with Gasteiger partial charge in [-0.05, 0) is 91.8 Å². The molecule has 7 nitrogen and oxygen atoms in total. The number of halogens is 3. The lowest BCUT2D eigenvalue weighted by atomic mass is 9.76. The molecule has 1 aliphatic carbocycles. The molecule has 3 heterocycles. The number of ether oxygens (including phenoxy) is 3. The minimum absolute atomic E-state index is 0.0803. The molecular formula is C35H40Cl3N3O4. The number of hydrogen-bond acceptors (Lipinski definition) is 6. The summed E-state index contributed by atoms with van der Waals surface area (Å²) >= 11 is 19.2. The van der Waals surface area contributed by atoms with Crippen LogP contribution < -0.4 is 14.8 Å². The monoisotopic (exact) mass is 671 g/mol. The van der Waals surface area contributed by atoms with Crippen LogP contribution in [0.5, 0.6) is 11.6 Å². The highest BCUT2D eigenvalue weighted by molar-refractivity contribution is 6.37. The number of methoxy groups -OCH3 is 1. The molecule has 0 spiro atoms. The number of hydrogen-bond donors (Lipinski definition) is 1. The maximum Gasteiger partial charge on any atom is 0.228 e. The molecule has 0 unspecified atom stereocenters. The highest BCUT2D eigenvalue weighted by Crippen LogP contribution is 2.44. The van der Waals surface area contributed by atoms with Gasteiger partial charge in [0.1, 0.15) is 13.2 Å². The van der Waals surface area contributed by atoms with Crippen molar-refractivity contribution in [3.05, 3.63) is 86.0 Å². The molecule has 2 bridgehead atoms. The van der Waals surface area contributed by atoms with E-state index in [2.05, 4.69) is 27.3 Å². The fourth-order valence-electron chi connectivity index (χ4n) is 6.82. The largest absolute Gasteiger partial charge is 0.487 e. The van der Waals surface area contributed by atoms with Crippen LogP contribution in [-0.2, 0) is 22.5 Å². The van der Waals surface area contributed by atoms with E-state index >= 15 is 0 Å². The lowest BCUT2D eigenvalue weighted by Crippen LogP contribution is -2.52. The molecule has 4 atom stereocenters. The van der Waals surface area contributed by atoms with E-state index in [-0.39, 0.29) is 43.0 Å². The maximum atomic E-state index is 14.5. The lowest BCUT2D eigenvalue weighted by molar-refractivity contribution is -0.139. The first-order valence-electron chi connectivity index (χ1n) is 15.8. The molecule has 1 N–H and O–H groups in total. The van der Waals surface area contributed by atoms with Crippen molar-refractivity contribution >= 4 is 40.7 Å². The first-order valence-corrected chi connectivity index (χ1v) is 16.9. The Balaban J connectivity index is 1.13. The summed E-state index contributed by atoms with van der Waals surface area (Å²) in [7, 11) is 1.71. The van der Waals surface area contributed by atoms with E-state index in [0.29, 0.717) is 45.9 Å². The SMILES string of the molecule is COCCc1ccc(Cl)c(CN(C(=O)[C@H]2[C@@H]3CC[C@@H](C[C@@H]2c2ccc(OCCOc4c(Cl)cc(C)cc4Cl)nc2)N3)C2CC2)c1. The van der Waals surface area contributed by atoms with Gasteiger partial charge in [0.25, 0.3) is 0 Å². The number of carbonyl (C=O) groups is 1. The van der Waals surface area contributed by atoms with Gasteiger partial charge in [-0.2, -0.15) is 0 Å². The summed E-state index contributed by atoms with van der Waals surface area (Å²) in [6.45, 7) is 3.66. The van der Waals surface area contributed by atoms with Crippen LogP contribution in [0.25, 0.3) is 0 Å². The van der Waals surface area contributed by atoms with Gasteiger partial charge in [0, 0.05) is 49.1 Å². The predicted molar refractivity (Wildman–Crippen MR) is 178 cm³/mol. The van der Waals surface area contributed by atoms with Crippen LogP contribution in [0, 0.1) is 12.8 Å². The number of nitrogens with zero attached hydrogens (tertiary/aromatic N) is 2. The van der Waals surface area contributed by atoms with Crippen molar-refractivity contribution in [1.29, 1.82) is 0 Å². The van der Waals surface area contributed by atoms with Crippen LogP contribution in [0.3, 0.4) is 0 Å². The second-order valence-electron chi connectivity index (χ2n) is 12.5. The third-order valence-electron chi connectivity index (χ3n) is 9.19. The van der Waals surface area contributed by atoms with Crippen LogP contribution in [0.2, 0.25) is 15.1 Å². The normalized spacial score (nSPS) is 22.3. The van der Waals surface area contributed by atoms with Crippen molar-refractivity contribution in [2.45, 2.75) is 76.0 Å². The van der Waals surface area contributed by atoms with Crippen LogP contribution in [0.4, 0.5) is 0 Å². The zero-order valence-electron chi connectivity index (χ0n) is 25.7. The summed E-state index contributed by atoms with van der Waals surface area (Å²) in [5, 5.41) is 5.39. The van der Waals surface area contributed by atoms with Crippen LogP contribution in [-0.4, -0.2) is 60.8 Å². The smallest absolute Gasteiger partial charge is 0.228 e. The van der Waals surface area contributed by atoms with Gasteiger partial charge in [-0.15, -0.1) is 0 Å². The van der Waals surface area contributed by atoms with Gasteiger partial charge in [-0.1, -0.05) is 53.0 Å². The van der Waals surface area contributed by atoms with Gasteiger partial charge < -0.3 is 24.4 Å². The molecule has 10 heteroatoms. The summed E-state index contributed by atoms with van der Waals surface area (Å²) in [6.07, 6.45) is 7.75. The fourth-order valence-corrected chi connectivity index (χ4v) is 7.71. The second-order valence-corrected chi connectivity index (χ2v) is 13.7. The number of piperidine rings is 1. The van der Waals surface area contributed by atoms with Crippen molar-refractivity contribution in [2.75, 3.05) is 26.9 Å². The number of aryl methyl sites for hydroxylation is 1. The van der Waals surface area contributed by atoms with E-state index in [1.807, 2.05) is 43.5 Å². The Morgan fingerprint density at radius 1 is 0.956 bits per heavy atom. The minimum Gasteiger partial charge on any atom is -0.487 e. The number of rotatable bonds is 13. The molecule has 2 saturated heterocycles. The molecule has 6 rings (SSSR count). The Morgan fingerprint density at radius 3 is 2.44 bits per heavy atom. The lowest BCUT2D eigenvalue weighted by Gasteiger charge is -2.40. The quantitative estimate of drug-likeness (QED) is 0.191. The van der Waals surface area contributed by atoms with Gasteiger partial charge in [-0.3, -0.25) is 4.79 Å². The molecule has 45 heavy (non-hydrogen) atoms. The summed E-state index contributed by atoms with van der Waals surface area (Å²) in [4.78, 5) is 21.2. The zero-order valence-corrected chi connectivity index (χ0v) is 28.0. The molecule has 1 aromatic heterocycles. The molecule has 3 fully saturated rings. The fraction of sp³-hybridized carbons (Fsp3) is 0.486. The summed E-state index contributed by atoms with van der Waals surface area (Å²) in [5.41, 5.74) is 4.20. The maximum absolute atomic E-state index is 14.5. The Bertz CT molecular complexity index is 1480. The Kier molecular flexibility index (Phi) is 10.4. The molecule has 3 aliphatic rings. The van der Waals surface area contributed by atoms with Crippen LogP contribution in [0.1, 0.15) is 60.3 Å². The summed E-state index contributed by atoms with van der Waals surface area (Å²) < 4.78 is 16.9. The first-order chi connectivity index (χ1) is 21.8. The number of benzene rings is 2. The van der Waals surface area contributed by atoms with E-state index in [9.17, 15) is 4.79 Å². The first kappa shape index (κ1) is 32.4. The summed E-state index contributed by atoms with van der Waals surface area (Å²) in [5.74, 6) is 1.09. The average molecular weight is 673 g/mol. The molecule has 1 saturated carbocycles. The predicted octanol–water partition coefficient (Wildman–Crippen LogP) is 7.41. The zero-order chi connectivity index (χ0) is 31.5. The molecule has 2 aromatic carbocycles. The average Bonchev–Trinajstić information content (AvgIpc) is 3.80. The van der Waals surface area contributed by atoms with Gasteiger partial charge >= 0.3 is 0 Å². The molecule has 2 aliphatic heterocycles. The number of nitrogens with one attached hydrogen (secondary N) is 1. The topological polar surface area (TPSA) is 72.9 Å². The van der Waals surface area contributed by atoms with E-state index in [1.54, 1.807) is 7.11 Å². The standard InChI is InChI=1S/C35H40Cl3N3O4/c1-21-15-29(37)34(30(38)16-21)45-14-13-44-32-10-4-23(19-39-32)27-18-25-5-9-31(40-25)33(27)35(42)41(26-6-7-26)20-24-17-22(11-12-43-2)3-8-28(24)36/h3-4,8,10,15-17,19,25-27,31,33,40H,5-7,9,11-14,18,20H2,1-2H3/t25-,27+,31-,33+/m0/s1. The molecule has 1 amide bonds. The van der Waals surface area contributed by atoms with Gasteiger partial charge in [-0.25, -0.2) is 4.98 Å². The molecule has 240 valence electrons. The molecular weight excluding hydrogens is 633 g/mol. The van der Waals surface area contributed by atoms with Crippen molar-refractivity contribution in [1.82, 2.24) is 15.2 Å². The highest BCUT2D eigenvalue weighted by atomic mass is 35.5. The van der Waals surface area contributed by atoms with Crippen LogP contribution in [0.15, 0.2) is 48.7 Å². The van der Waals surface area contributed by atoms with Crippen molar-refractivity contribution in [3.8, 4) is 11.6 Å². The third kappa shape index (κ3) is 7.71. The van der Waals surface area contributed by atoms with E-state index in [4.69, 9.17) is 49.0 Å². The van der Waals surface area contributed by atoms with E-state index in [0.717, 1.165) is 60.8 Å². The van der Waals surface area contributed by atoms with Crippen molar-refractivity contribution < 1.29 is 19.0 Å². The van der Waals surface area contributed by atoms with E-state index in [1.165, 1.54) is 0 Å². The van der Waals surface area contributed by atoms with Crippen molar-refractivity contribution in [2.24, 2.45) is 5.92 Å². The third-order valence-corrected chi connectivity index (χ3v) is 10.1. The Labute approximate surface area is 280 Å². The van der Waals surface area contributed by atoms with E-state index < -0.39 is 0 Å². The number of fused-ring (bicyclic) bond motifs is 2. The number of pyridine rings is 1. The van der Waals surface area contributed by atoms with Crippen LogP contribution >= 0.6 is 34.8 Å².